The van der Waals surface area contributed by atoms with E-state index in [2.05, 4.69) is 4.98 Å². The number of nitrogens with one attached hydrogen (secondary N) is 2. The SMILES string of the molecule is CCO[C@H]1C[C@@H](O)C12CCN(C(=O)c1cc(=O)[nH]c(=O)[nH]1)CC2. The first kappa shape index (κ1) is 15.9. The highest BCUT2D eigenvalue weighted by atomic mass is 16.5. The highest BCUT2D eigenvalue weighted by Crippen LogP contribution is 2.50. The molecule has 0 radical (unpaired) electrons. The average molecular weight is 323 g/mol. The molecule has 3 N–H and O–H groups in total. The lowest BCUT2D eigenvalue weighted by Gasteiger charge is -2.56. The van der Waals surface area contributed by atoms with Crippen molar-refractivity contribution >= 4 is 5.91 Å². The number of rotatable bonds is 3. The van der Waals surface area contributed by atoms with Crippen LogP contribution in [0.15, 0.2) is 15.7 Å². The summed E-state index contributed by atoms with van der Waals surface area (Å²) in [4.78, 5) is 41.0. The average Bonchev–Trinajstić information content (AvgIpc) is 2.53. The zero-order chi connectivity index (χ0) is 16.6. The second-order valence-corrected chi connectivity index (χ2v) is 6.22. The minimum Gasteiger partial charge on any atom is -0.392 e. The maximum Gasteiger partial charge on any atom is 0.326 e. The Bertz CT molecular complexity index is 671. The quantitative estimate of drug-likeness (QED) is 0.691. The molecule has 1 spiro atoms. The number of aromatic amines is 2. The number of ether oxygens (including phenoxy) is 1. The monoisotopic (exact) mass is 323 g/mol. The van der Waals surface area contributed by atoms with E-state index in [1.165, 1.54) is 0 Å². The maximum atomic E-state index is 12.4. The second kappa shape index (κ2) is 5.93. The number of aliphatic hydroxyl groups is 1. The molecule has 2 atom stereocenters. The van der Waals surface area contributed by atoms with E-state index in [1.807, 2.05) is 11.9 Å². The van der Waals surface area contributed by atoms with Crippen molar-refractivity contribution in [2.45, 2.75) is 38.4 Å². The van der Waals surface area contributed by atoms with Crippen LogP contribution in [-0.2, 0) is 4.74 Å². The Balaban J connectivity index is 1.70. The predicted molar refractivity (Wildman–Crippen MR) is 81.3 cm³/mol. The van der Waals surface area contributed by atoms with E-state index in [9.17, 15) is 19.5 Å². The van der Waals surface area contributed by atoms with Gasteiger partial charge < -0.3 is 19.7 Å². The Morgan fingerprint density at radius 2 is 2.09 bits per heavy atom. The van der Waals surface area contributed by atoms with Crippen molar-refractivity contribution in [1.82, 2.24) is 14.9 Å². The first-order valence-electron chi connectivity index (χ1n) is 7.89. The number of aliphatic hydroxyl groups excluding tert-OH is 1. The molecule has 0 bridgehead atoms. The molecule has 2 aliphatic rings. The van der Waals surface area contributed by atoms with Gasteiger partial charge in [0.05, 0.1) is 12.2 Å². The lowest BCUT2D eigenvalue weighted by atomic mass is 9.58. The van der Waals surface area contributed by atoms with E-state index < -0.39 is 17.4 Å². The Morgan fingerprint density at radius 1 is 1.39 bits per heavy atom. The molecule has 126 valence electrons. The molecule has 1 saturated heterocycles. The summed E-state index contributed by atoms with van der Waals surface area (Å²) >= 11 is 0. The first-order valence-corrected chi connectivity index (χ1v) is 7.89. The summed E-state index contributed by atoms with van der Waals surface area (Å²) in [6.45, 7) is 3.47. The minimum atomic E-state index is -0.694. The molecular weight excluding hydrogens is 302 g/mol. The van der Waals surface area contributed by atoms with Crippen molar-refractivity contribution in [3.8, 4) is 0 Å². The van der Waals surface area contributed by atoms with Crippen LogP contribution in [-0.4, -0.2) is 57.8 Å². The minimum absolute atomic E-state index is 0.00906. The van der Waals surface area contributed by atoms with Gasteiger partial charge in [0.1, 0.15) is 5.69 Å². The van der Waals surface area contributed by atoms with Crippen LogP contribution in [0.1, 0.15) is 36.7 Å². The van der Waals surface area contributed by atoms with Gasteiger partial charge in [0.2, 0.25) is 0 Å². The molecule has 0 aromatic carbocycles. The zero-order valence-electron chi connectivity index (χ0n) is 13.0. The molecule has 1 saturated carbocycles. The fraction of sp³-hybridized carbons (Fsp3) is 0.667. The van der Waals surface area contributed by atoms with Crippen LogP contribution in [0.5, 0.6) is 0 Å². The number of nitrogens with zero attached hydrogens (tertiary/aromatic N) is 1. The summed E-state index contributed by atoms with van der Waals surface area (Å²) in [5, 5.41) is 10.2. The van der Waals surface area contributed by atoms with Gasteiger partial charge >= 0.3 is 5.69 Å². The van der Waals surface area contributed by atoms with Gasteiger partial charge in [0, 0.05) is 37.6 Å². The summed E-state index contributed by atoms with van der Waals surface area (Å²) in [7, 11) is 0. The third-order valence-corrected chi connectivity index (χ3v) is 5.08. The molecule has 1 aromatic rings. The van der Waals surface area contributed by atoms with Crippen molar-refractivity contribution < 1.29 is 14.6 Å². The van der Waals surface area contributed by atoms with Crippen molar-refractivity contribution in [2.75, 3.05) is 19.7 Å². The zero-order valence-corrected chi connectivity index (χ0v) is 13.0. The third-order valence-electron chi connectivity index (χ3n) is 5.08. The van der Waals surface area contributed by atoms with Crippen molar-refractivity contribution in [2.24, 2.45) is 5.41 Å². The fourth-order valence-electron chi connectivity index (χ4n) is 3.70. The van der Waals surface area contributed by atoms with Crippen molar-refractivity contribution in [3.05, 3.63) is 32.6 Å². The highest BCUT2D eigenvalue weighted by Gasteiger charge is 2.56. The van der Waals surface area contributed by atoms with Crippen LogP contribution < -0.4 is 11.2 Å². The molecule has 0 unspecified atom stereocenters. The largest absolute Gasteiger partial charge is 0.392 e. The van der Waals surface area contributed by atoms with Gasteiger partial charge in [-0.1, -0.05) is 0 Å². The summed E-state index contributed by atoms with van der Waals surface area (Å²) in [5.74, 6) is -0.371. The summed E-state index contributed by atoms with van der Waals surface area (Å²) in [5.41, 5.74) is -1.57. The Hall–Kier alpha value is -1.93. The molecular formula is C15H21N3O5. The molecule has 2 heterocycles. The standard InChI is InChI=1S/C15H21N3O5/c1-2-23-11-8-10(19)15(11)3-5-18(6-4-15)13(21)9-7-12(20)17-14(22)16-9/h7,10-11,19H,2-6,8H2,1H3,(H2,16,17,20,22)/t10-,11+/m1/s1. The lowest BCUT2D eigenvalue weighted by Crippen LogP contribution is -2.62. The second-order valence-electron chi connectivity index (χ2n) is 6.22. The van der Waals surface area contributed by atoms with E-state index in [0.29, 0.717) is 39.0 Å². The molecule has 1 aliphatic heterocycles. The molecule has 1 amide bonds. The molecule has 1 aliphatic carbocycles. The number of carbonyl (C=O) groups excluding carboxylic acids is 1. The van der Waals surface area contributed by atoms with Gasteiger partial charge in [-0.05, 0) is 19.8 Å². The van der Waals surface area contributed by atoms with Crippen LogP contribution in [0.25, 0.3) is 0 Å². The Kier molecular flexibility index (Phi) is 4.11. The van der Waals surface area contributed by atoms with Crippen LogP contribution >= 0.6 is 0 Å². The van der Waals surface area contributed by atoms with Gasteiger partial charge in [-0.15, -0.1) is 0 Å². The van der Waals surface area contributed by atoms with Crippen LogP contribution in [0.3, 0.4) is 0 Å². The van der Waals surface area contributed by atoms with Crippen LogP contribution in [0.4, 0.5) is 0 Å². The molecule has 8 heteroatoms. The van der Waals surface area contributed by atoms with Gasteiger partial charge in [-0.2, -0.15) is 0 Å². The highest BCUT2D eigenvalue weighted by molar-refractivity contribution is 5.92. The van der Waals surface area contributed by atoms with Gasteiger partial charge in [0.25, 0.3) is 11.5 Å². The number of piperidine rings is 1. The van der Waals surface area contributed by atoms with Crippen LogP contribution in [0.2, 0.25) is 0 Å². The van der Waals surface area contributed by atoms with Crippen LogP contribution in [0, 0.1) is 5.41 Å². The molecule has 3 rings (SSSR count). The molecule has 23 heavy (non-hydrogen) atoms. The lowest BCUT2D eigenvalue weighted by molar-refractivity contribution is -0.207. The number of amides is 1. The summed E-state index contributed by atoms with van der Waals surface area (Å²) < 4.78 is 5.70. The van der Waals surface area contributed by atoms with E-state index in [-0.39, 0.29) is 23.1 Å². The number of hydrogen-bond donors (Lipinski definition) is 3. The Labute approximate surface area is 132 Å². The van der Waals surface area contributed by atoms with Gasteiger partial charge in [0.15, 0.2) is 0 Å². The topological polar surface area (TPSA) is 115 Å². The van der Waals surface area contributed by atoms with Crippen molar-refractivity contribution in [3.63, 3.8) is 0 Å². The number of H-pyrrole nitrogens is 2. The number of aromatic nitrogens is 2. The normalized spacial score (nSPS) is 26.1. The maximum absolute atomic E-state index is 12.4. The number of hydrogen-bond acceptors (Lipinski definition) is 5. The number of carbonyl (C=O) groups is 1. The molecule has 2 fully saturated rings. The van der Waals surface area contributed by atoms with E-state index >= 15 is 0 Å². The van der Waals surface area contributed by atoms with Gasteiger partial charge in [-0.3, -0.25) is 14.6 Å². The predicted octanol–water partition coefficient (Wildman–Crippen LogP) is -0.545. The molecule has 8 nitrogen and oxygen atoms in total. The summed E-state index contributed by atoms with van der Waals surface area (Å²) in [6, 6.07) is 1.09. The summed E-state index contributed by atoms with van der Waals surface area (Å²) in [6.07, 6.45) is 1.59. The van der Waals surface area contributed by atoms with Crippen molar-refractivity contribution in [1.29, 1.82) is 0 Å². The third kappa shape index (κ3) is 2.72. The fourth-order valence-corrected chi connectivity index (χ4v) is 3.70. The first-order chi connectivity index (χ1) is 11.0. The number of likely N-dealkylation sites (tertiary alicyclic amines) is 1. The van der Waals surface area contributed by atoms with E-state index in [4.69, 9.17) is 4.74 Å². The molecule has 1 aromatic heterocycles. The Morgan fingerprint density at radius 3 is 2.65 bits per heavy atom. The van der Waals surface area contributed by atoms with E-state index in [1.54, 1.807) is 4.90 Å². The van der Waals surface area contributed by atoms with E-state index in [0.717, 1.165) is 6.07 Å². The van der Waals surface area contributed by atoms with Gasteiger partial charge in [-0.25, -0.2) is 4.79 Å². The smallest absolute Gasteiger partial charge is 0.326 e.